The van der Waals surface area contributed by atoms with E-state index in [4.69, 9.17) is 4.74 Å². The molecule has 0 atom stereocenters. The van der Waals surface area contributed by atoms with Gasteiger partial charge in [0, 0.05) is 26.7 Å². The number of hydrogen-bond acceptors (Lipinski definition) is 3. The second-order valence-electron chi connectivity index (χ2n) is 4.86. The van der Waals surface area contributed by atoms with Crippen LogP contribution in [-0.4, -0.2) is 50.8 Å². The fraction of sp³-hybridized carbons (Fsp3) is 0.846. The zero-order valence-electron chi connectivity index (χ0n) is 13.2. The lowest BCUT2D eigenvalue weighted by molar-refractivity contribution is -0.119. The first-order chi connectivity index (χ1) is 8.95. The molecular formula is C13H29IN4O2. The van der Waals surface area contributed by atoms with Gasteiger partial charge in [0.15, 0.2) is 5.96 Å². The van der Waals surface area contributed by atoms with Crippen LogP contribution in [0.5, 0.6) is 0 Å². The highest BCUT2D eigenvalue weighted by Crippen LogP contribution is 2.04. The standard InChI is InChI=1S/C13H28N4O2.HI/c1-6-8-15-11(18)9-16-12(14-7-2)17-10-13(3,4)19-5;/h6-10H2,1-5H3,(H,15,18)(H2,14,16,17);1H. The van der Waals surface area contributed by atoms with Crippen molar-refractivity contribution in [2.24, 2.45) is 4.99 Å². The van der Waals surface area contributed by atoms with Gasteiger partial charge in [-0.2, -0.15) is 0 Å². The smallest absolute Gasteiger partial charge is 0.241 e. The molecule has 3 N–H and O–H groups in total. The van der Waals surface area contributed by atoms with E-state index in [2.05, 4.69) is 20.9 Å². The average molecular weight is 400 g/mol. The summed E-state index contributed by atoms with van der Waals surface area (Å²) in [6.07, 6.45) is 0.926. The molecule has 6 nitrogen and oxygen atoms in total. The minimum Gasteiger partial charge on any atom is -0.377 e. The average Bonchev–Trinajstić information content (AvgIpc) is 2.39. The van der Waals surface area contributed by atoms with Gasteiger partial charge in [-0.15, -0.1) is 24.0 Å². The summed E-state index contributed by atoms with van der Waals surface area (Å²) in [6.45, 7) is 10.1. The highest BCUT2D eigenvalue weighted by atomic mass is 127. The Morgan fingerprint density at radius 1 is 1.20 bits per heavy atom. The van der Waals surface area contributed by atoms with Crippen LogP contribution in [0.25, 0.3) is 0 Å². The Balaban J connectivity index is 0. The topological polar surface area (TPSA) is 74.8 Å². The summed E-state index contributed by atoms with van der Waals surface area (Å²) in [5.41, 5.74) is -0.277. The Morgan fingerprint density at radius 2 is 1.85 bits per heavy atom. The van der Waals surface area contributed by atoms with Crippen molar-refractivity contribution in [3.05, 3.63) is 0 Å². The van der Waals surface area contributed by atoms with Crippen molar-refractivity contribution in [1.82, 2.24) is 16.0 Å². The van der Waals surface area contributed by atoms with Gasteiger partial charge in [-0.1, -0.05) is 6.92 Å². The molecular weight excluding hydrogens is 371 g/mol. The van der Waals surface area contributed by atoms with Crippen molar-refractivity contribution in [3.63, 3.8) is 0 Å². The molecule has 0 saturated heterocycles. The summed E-state index contributed by atoms with van der Waals surface area (Å²) in [6, 6.07) is 0. The zero-order valence-corrected chi connectivity index (χ0v) is 15.5. The van der Waals surface area contributed by atoms with E-state index >= 15 is 0 Å². The number of ether oxygens (including phenoxy) is 1. The molecule has 20 heavy (non-hydrogen) atoms. The lowest BCUT2D eigenvalue weighted by atomic mass is 10.1. The number of aliphatic imine (C=N–C) groups is 1. The van der Waals surface area contributed by atoms with Gasteiger partial charge in [0.05, 0.1) is 5.60 Å². The van der Waals surface area contributed by atoms with Gasteiger partial charge in [0.25, 0.3) is 0 Å². The lowest BCUT2D eigenvalue weighted by Crippen LogP contribution is -2.45. The first-order valence-electron chi connectivity index (χ1n) is 6.79. The maximum Gasteiger partial charge on any atom is 0.241 e. The number of rotatable bonds is 8. The van der Waals surface area contributed by atoms with Crippen LogP contribution in [0.1, 0.15) is 34.1 Å². The van der Waals surface area contributed by atoms with Gasteiger partial charge in [-0.3, -0.25) is 4.79 Å². The van der Waals surface area contributed by atoms with E-state index in [0.717, 1.165) is 13.0 Å². The fourth-order valence-corrected chi connectivity index (χ4v) is 1.18. The molecule has 0 bridgehead atoms. The SMILES string of the molecule is CCCNC(=O)CN=C(NCC)NCC(C)(C)OC.I. The van der Waals surface area contributed by atoms with E-state index in [1.54, 1.807) is 7.11 Å². The number of carbonyl (C=O) groups excluding carboxylic acids is 1. The zero-order chi connectivity index (χ0) is 14.7. The Hall–Kier alpha value is -0.570. The van der Waals surface area contributed by atoms with Crippen molar-refractivity contribution < 1.29 is 9.53 Å². The number of amides is 1. The van der Waals surface area contributed by atoms with Gasteiger partial charge in [-0.05, 0) is 27.2 Å². The third kappa shape index (κ3) is 11.3. The van der Waals surface area contributed by atoms with Gasteiger partial charge >= 0.3 is 0 Å². The van der Waals surface area contributed by atoms with Crippen LogP contribution in [0.2, 0.25) is 0 Å². The second-order valence-corrected chi connectivity index (χ2v) is 4.86. The predicted octanol–water partition coefficient (Wildman–Crippen LogP) is 1.11. The third-order valence-electron chi connectivity index (χ3n) is 2.53. The molecule has 0 aliphatic carbocycles. The van der Waals surface area contributed by atoms with Crippen LogP contribution in [-0.2, 0) is 9.53 Å². The molecule has 0 aromatic rings. The number of nitrogens with zero attached hydrogens (tertiary/aromatic N) is 1. The Labute approximate surface area is 139 Å². The fourth-order valence-electron chi connectivity index (χ4n) is 1.18. The molecule has 7 heteroatoms. The molecule has 0 heterocycles. The molecule has 0 aliphatic rings. The first-order valence-corrected chi connectivity index (χ1v) is 6.79. The number of guanidine groups is 1. The van der Waals surface area contributed by atoms with Crippen LogP contribution in [0.4, 0.5) is 0 Å². The first kappa shape index (κ1) is 21.7. The minimum atomic E-state index is -0.277. The van der Waals surface area contributed by atoms with Crippen molar-refractivity contribution in [2.45, 2.75) is 39.7 Å². The predicted molar refractivity (Wildman–Crippen MR) is 93.8 cm³/mol. The molecule has 0 unspecified atom stereocenters. The number of halogens is 1. The molecule has 0 spiro atoms. The molecule has 0 aromatic heterocycles. The van der Waals surface area contributed by atoms with Crippen LogP contribution in [0.3, 0.4) is 0 Å². The van der Waals surface area contributed by atoms with E-state index in [1.807, 2.05) is 27.7 Å². The molecule has 0 saturated carbocycles. The van der Waals surface area contributed by atoms with E-state index in [9.17, 15) is 4.79 Å². The highest BCUT2D eigenvalue weighted by Gasteiger charge is 2.16. The van der Waals surface area contributed by atoms with Crippen LogP contribution in [0.15, 0.2) is 4.99 Å². The van der Waals surface area contributed by atoms with Gasteiger partial charge in [0.1, 0.15) is 6.54 Å². The Morgan fingerprint density at radius 3 is 2.35 bits per heavy atom. The summed E-state index contributed by atoms with van der Waals surface area (Å²) in [7, 11) is 1.67. The molecule has 0 aliphatic heterocycles. The number of carbonyl (C=O) groups is 1. The van der Waals surface area contributed by atoms with E-state index in [-0.39, 0.29) is 42.0 Å². The van der Waals surface area contributed by atoms with Crippen LogP contribution >= 0.6 is 24.0 Å². The van der Waals surface area contributed by atoms with Crippen molar-refractivity contribution in [3.8, 4) is 0 Å². The van der Waals surface area contributed by atoms with E-state index in [1.165, 1.54) is 0 Å². The monoisotopic (exact) mass is 400 g/mol. The third-order valence-corrected chi connectivity index (χ3v) is 2.53. The Kier molecular flexibility index (Phi) is 13.2. The minimum absolute atomic E-state index is 0. The molecule has 0 rings (SSSR count). The van der Waals surface area contributed by atoms with E-state index in [0.29, 0.717) is 19.0 Å². The summed E-state index contributed by atoms with van der Waals surface area (Å²) < 4.78 is 5.32. The number of methoxy groups -OCH3 is 1. The molecule has 120 valence electrons. The second kappa shape index (κ2) is 12.2. The highest BCUT2D eigenvalue weighted by molar-refractivity contribution is 14.0. The van der Waals surface area contributed by atoms with Crippen molar-refractivity contribution in [1.29, 1.82) is 0 Å². The normalized spacial score (nSPS) is 11.6. The Bertz CT molecular complexity index is 296. The van der Waals surface area contributed by atoms with Gasteiger partial charge in [0.2, 0.25) is 5.91 Å². The quantitative estimate of drug-likeness (QED) is 0.324. The molecule has 1 amide bonds. The number of nitrogens with one attached hydrogen (secondary N) is 3. The summed E-state index contributed by atoms with van der Waals surface area (Å²) >= 11 is 0. The van der Waals surface area contributed by atoms with E-state index < -0.39 is 0 Å². The molecule has 0 radical (unpaired) electrons. The molecule has 0 fully saturated rings. The summed E-state index contributed by atoms with van der Waals surface area (Å²) in [5.74, 6) is 0.560. The maximum absolute atomic E-state index is 11.5. The van der Waals surface area contributed by atoms with Crippen LogP contribution in [0, 0.1) is 0 Å². The van der Waals surface area contributed by atoms with Crippen molar-refractivity contribution >= 4 is 35.8 Å². The largest absolute Gasteiger partial charge is 0.377 e. The van der Waals surface area contributed by atoms with Gasteiger partial charge < -0.3 is 20.7 Å². The maximum atomic E-state index is 11.5. The molecule has 0 aromatic carbocycles. The number of hydrogen-bond donors (Lipinski definition) is 3. The van der Waals surface area contributed by atoms with Crippen LogP contribution < -0.4 is 16.0 Å². The summed E-state index contributed by atoms with van der Waals surface area (Å²) in [5, 5.41) is 9.04. The van der Waals surface area contributed by atoms with Gasteiger partial charge in [-0.25, -0.2) is 4.99 Å². The summed E-state index contributed by atoms with van der Waals surface area (Å²) in [4.78, 5) is 15.7. The lowest BCUT2D eigenvalue weighted by Gasteiger charge is -2.24. The van der Waals surface area contributed by atoms with Crippen molar-refractivity contribution in [2.75, 3.05) is 33.3 Å².